The van der Waals surface area contributed by atoms with E-state index in [1.165, 1.54) is 6.07 Å². The summed E-state index contributed by atoms with van der Waals surface area (Å²) in [5, 5.41) is 15.9. The number of carbonyl (C=O) groups excluding carboxylic acids is 1. The van der Waals surface area contributed by atoms with Crippen LogP contribution in [0.25, 0.3) is 0 Å². The lowest BCUT2D eigenvalue weighted by molar-refractivity contribution is 0.0696. The van der Waals surface area contributed by atoms with E-state index in [4.69, 9.17) is 5.11 Å². The Labute approximate surface area is 121 Å². The minimum Gasteiger partial charge on any atom is -0.478 e. The van der Waals surface area contributed by atoms with Crippen molar-refractivity contribution in [1.29, 1.82) is 0 Å². The summed E-state index contributed by atoms with van der Waals surface area (Å²) in [6, 6.07) is 6.96. The maximum Gasteiger partial charge on any atom is 0.335 e. The summed E-state index contributed by atoms with van der Waals surface area (Å²) >= 11 is 0. The fourth-order valence-electron chi connectivity index (χ4n) is 2.09. The number of hydrogen-bond donors (Lipinski definition) is 2. The first-order valence-electron chi connectivity index (χ1n) is 6.78. The number of nitrogens with one attached hydrogen (secondary N) is 1. The Hall–Kier alpha value is -2.63. The Bertz CT molecular complexity index is 689. The maximum atomic E-state index is 12.0. The lowest BCUT2D eigenvalue weighted by Crippen LogP contribution is -2.22. The molecule has 1 aliphatic carbocycles. The van der Waals surface area contributed by atoms with Gasteiger partial charge in [-0.25, -0.2) is 4.79 Å². The van der Waals surface area contributed by atoms with Gasteiger partial charge in [0.25, 0.3) is 5.91 Å². The van der Waals surface area contributed by atoms with Crippen LogP contribution >= 0.6 is 0 Å². The molecule has 108 valence electrons. The van der Waals surface area contributed by atoms with Crippen molar-refractivity contribution >= 4 is 11.9 Å². The second-order valence-electron chi connectivity index (χ2n) is 5.13. The van der Waals surface area contributed by atoms with Crippen molar-refractivity contribution in [2.75, 3.05) is 0 Å². The van der Waals surface area contributed by atoms with Crippen LogP contribution in [0.15, 0.2) is 36.7 Å². The van der Waals surface area contributed by atoms with Gasteiger partial charge in [-0.3, -0.25) is 9.48 Å². The number of amides is 1. The summed E-state index contributed by atoms with van der Waals surface area (Å²) in [6.07, 6.45) is 5.54. The number of benzene rings is 1. The van der Waals surface area contributed by atoms with Crippen LogP contribution in [-0.2, 0) is 6.54 Å². The Morgan fingerprint density at radius 3 is 2.86 bits per heavy atom. The zero-order valence-electron chi connectivity index (χ0n) is 11.3. The van der Waals surface area contributed by atoms with Crippen LogP contribution in [-0.4, -0.2) is 26.8 Å². The van der Waals surface area contributed by atoms with Gasteiger partial charge in [-0.15, -0.1) is 0 Å². The lowest BCUT2D eigenvalue weighted by Gasteiger charge is -2.04. The molecule has 0 atom stereocenters. The summed E-state index contributed by atoms with van der Waals surface area (Å²) in [5.41, 5.74) is 1.48. The molecule has 1 amide bonds. The number of carboxylic acids is 1. The fraction of sp³-hybridized carbons (Fsp3) is 0.267. The van der Waals surface area contributed by atoms with Crippen LogP contribution in [0.5, 0.6) is 0 Å². The van der Waals surface area contributed by atoms with Crippen molar-refractivity contribution < 1.29 is 14.7 Å². The van der Waals surface area contributed by atoms with Crippen LogP contribution in [0.2, 0.25) is 0 Å². The average Bonchev–Trinajstić information content (AvgIpc) is 3.22. The number of carboxylic acid groups (broad SMARTS) is 1. The smallest absolute Gasteiger partial charge is 0.335 e. The van der Waals surface area contributed by atoms with Gasteiger partial charge in [0.2, 0.25) is 0 Å². The molecule has 0 radical (unpaired) electrons. The first-order valence-corrected chi connectivity index (χ1v) is 6.78. The molecule has 1 aromatic carbocycles. The van der Waals surface area contributed by atoms with Crippen LogP contribution in [0.3, 0.4) is 0 Å². The zero-order chi connectivity index (χ0) is 14.8. The highest BCUT2D eigenvalue weighted by molar-refractivity contribution is 5.93. The van der Waals surface area contributed by atoms with Gasteiger partial charge in [0.15, 0.2) is 0 Å². The maximum absolute atomic E-state index is 12.0. The van der Waals surface area contributed by atoms with Gasteiger partial charge in [-0.1, -0.05) is 12.1 Å². The molecular formula is C15H15N3O3. The standard InChI is InChI=1S/C15H15N3O3/c19-14(12-8-17-18(9-12)13-4-5-13)16-7-10-2-1-3-11(6-10)15(20)21/h1-3,6,8-9,13H,4-5,7H2,(H,16,19)(H,20,21). The Morgan fingerprint density at radius 2 is 2.14 bits per heavy atom. The van der Waals surface area contributed by atoms with E-state index in [2.05, 4.69) is 10.4 Å². The van der Waals surface area contributed by atoms with Gasteiger partial charge in [-0.2, -0.15) is 5.10 Å². The van der Waals surface area contributed by atoms with Crippen LogP contribution in [0.1, 0.15) is 45.2 Å². The molecule has 0 aliphatic heterocycles. The van der Waals surface area contributed by atoms with Gasteiger partial charge >= 0.3 is 5.97 Å². The third kappa shape index (κ3) is 3.10. The van der Waals surface area contributed by atoms with Crippen LogP contribution in [0, 0.1) is 0 Å². The van der Waals surface area contributed by atoms with Crippen molar-refractivity contribution in [3.8, 4) is 0 Å². The molecule has 0 unspecified atom stereocenters. The van der Waals surface area contributed by atoms with Crippen molar-refractivity contribution in [3.05, 3.63) is 53.3 Å². The third-order valence-corrected chi connectivity index (χ3v) is 3.41. The van der Waals surface area contributed by atoms with Crippen LogP contribution in [0.4, 0.5) is 0 Å². The summed E-state index contributed by atoms with van der Waals surface area (Å²) in [5.74, 6) is -1.18. The molecule has 1 aromatic heterocycles. The van der Waals surface area contributed by atoms with Crippen molar-refractivity contribution in [3.63, 3.8) is 0 Å². The van der Waals surface area contributed by atoms with Gasteiger partial charge in [0, 0.05) is 12.7 Å². The van der Waals surface area contributed by atoms with E-state index in [0.29, 0.717) is 11.6 Å². The van der Waals surface area contributed by atoms with Gasteiger partial charge < -0.3 is 10.4 Å². The molecule has 1 heterocycles. The normalized spacial score (nSPS) is 13.9. The second kappa shape index (κ2) is 5.40. The number of rotatable bonds is 5. The van der Waals surface area contributed by atoms with Gasteiger partial charge in [0.05, 0.1) is 23.4 Å². The van der Waals surface area contributed by atoms with E-state index in [9.17, 15) is 9.59 Å². The number of aromatic carboxylic acids is 1. The molecule has 21 heavy (non-hydrogen) atoms. The van der Waals surface area contributed by atoms with Crippen molar-refractivity contribution in [2.24, 2.45) is 0 Å². The van der Waals surface area contributed by atoms with E-state index < -0.39 is 5.97 Å². The molecule has 0 spiro atoms. The zero-order valence-corrected chi connectivity index (χ0v) is 11.3. The summed E-state index contributed by atoms with van der Waals surface area (Å²) < 4.78 is 1.82. The monoisotopic (exact) mass is 285 g/mol. The number of aromatic nitrogens is 2. The molecule has 1 aliphatic rings. The van der Waals surface area contributed by atoms with Gasteiger partial charge in [0.1, 0.15) is 0 Å². The second-order valence-corrected chi connectivity index (χ2v) is 5.13. The van der Waals surface area contributed by atoms with E-state index in [0.717, 1.165) is 18.4 Å². The molecule has 0 saturated heterocycles. The highest BCUT2D eigenvalue weighted by Crippen LogP contribution is 2.33. The first kappa shape index (κ1) is 13.4. The van der Waals surface area contributed by atoms with E-state index in [-0.39, 0.29) is 18.0 Å². The predicted octanol–water partition coefficient (Wildman–Crippen LogP) is 1.85. The SMILES string of the molecule is O=C(O)c1cccc(CNC(=O)c2cnn(C3CC3)c2)c1. The number of carbonyl (C=O) groups is 2. The molecule has 1 saturated carbocycles. The van der Waals surface area contributed by atoms with Crippen molar-refractivity contribution in [2.45, 2.75) is 25.4 Å². The minimum absolute atomic E-state index is 0.206. The molecule has 2 aromatic rings. The fourth-order valence-corrected chi connectivity index (χ4v) is 2.09. The van der Waals surface area contributed by atoms with Crippen LogP contribution < -0.4 is 5.32 Å². The molecule has 3 rings (SSSR count). The first-order chi connectivity index (χ1) is 10.1. The molecule has 2 N–H and O–H groups in total. The average molecular weight is 285 g/mol. The highest BCUT2D eigenvalue weighted by Gasteiger charge is 2.24. The van der Waals surface area contributed by atoms with Gasteiger partial charge in [-0.05, 0) is 30.5 Å². The predicted molar refractivity (Wildman–Crippen MR) is 75.1 cm³/mol. The molecular weight excluding hydrogens is 270 g/mol. The Balaban J connectivity index is 1.62. The quantitative estimate of drug-likeness (QED) is 0.878. The lowest BCUT2D eigenvalue weighted by atomic mass is 10.1. The summed E-state index contributed by atoms with van der Waals surface area (Å²) in [7, 11) is 0. The molecule has 6 heteroatoms. The van der Waals surface area contributed by atoms with E-state index >= 15 is 0 Å². The van der Waals surface area contributed by atoms with E-state index in [1.54, 1.807) is 30.6 Å². The highest BCUT2D eigenvalue weighted by atomic mass is 16.4. The number of hydrogen-bond acceptors (Lipinski definition) is 3. The topological polar surface area (TPSA) is 84.2 Å². The third-order valence-electron chi connectivity index (χ3n) is 3.41. The Kier molecular flexibility index (Phi) is 3.43. The summed E-state index contributed by atoms with van der Waals surface area (Å²) in [6.45, 7) is 0.286. The molecule has 0 bridgehead atoms. The largest absolute Gasteiger partial charge is 0.478 e. The summed E-state index contributed by atoms with van der Waals surface area (Å²) in [4.78, 5) is 22.9. The van der Waals surface area contributed by atoms with Crippen molar-refractivity contribution in [1.82, 2.24) is 15.1 Å². The molecule has 6 nitrogen and oxygen atoms in total. The van der Waals surface area contributed by atoms with E-state index in [1.807, 2.05) is 4.68 Å². The number of nitrogens with zero attached hydrogens (tertiary/aromatic N) is 2. The molecule has 1 fully saturated rings. The minimum atomic E-state index is -0.978. The Morgan fingerprint density at radius 1 is 1.33 bits per heavy atom.